The van der Waals surface area contributed by atoms with Crippen molar-refractivity contribution in [3.63, 3.8) is 0 Å². The van der Waals surface area contributed by atoms with Gasteiger partial charge in [0, 0.05) is 41.8 Å². The van der Waals surface area contributed by atoms with Gasteiger partial charge in [-0.15, -0.1) is 0 Å². The molecule has 3 amide bonds. The molecular formula is C31H27Cl3N4O7S. The Kier molecular flexibility index (Phi) is 9.37. The lowest BCUT2D eigenvalue weighted by Crippen LogP contribution is -2.48. The van der Waals surface area contributed by atoms with Gasteiger partial charge in [-0.2, -0.15) is 0 Å². The Labute approximate surface area is 279 Å². The van der Waals surface area contributed by atoms with Crippen LogP contribution in [0.3, 0.4) is 0 Å². The van der Waals surface area contributed by atoms with Crippen LogP contribution in [0.5, 0.6) is 0 Å². The summed E-state index contributed by atoms with van der Waals surface area (Å²) in [4.78, 5) is 53.1. The summed E-state index contributed by atoms with van der Waals surface area (Å²) in [5.74, 6) is -3.26. The fraction of sp³-hybridized carbons (Fsp3) is 0.226. The summed E-state index contributed by atoms with van der Waals surface area (Å²) in [6.45, 7) is 1.75. The minimum absolute atomic E-state index is 0.0141. The average molecular weight is 706 g/mol. The van der Waals surface area contributed by atoms with E-state index in [0.717, 1.165) is 15.8 Å². The van der Waals surface area contributed by atoms with Crippen molar-refractivity contribution in [1.82, 2.24) is 19.5 Å². The van der Waals surface area contributed by atoms with Crippen LogP contribution in [-0.2, 0) is 27.8 Å². The van der Waals surface area contributed by atoms with E-state index in [-0.39, 0.29) is 33.6 Å². The molecule has 3 N–H and O–H groups in total. The quantitative estimate of drug-likeness (QED) is 0.243. The van der Waals surface area contributed by atoms with Crippen LogP contribution in [0.25, 0.3) is 10.9 Å². The summed E-state index contributed by atoms with van der Waals surface area (Å²) in [7, 11) is -3.75. The number of nitrogens with one attached hydrogen (secondary N) is 2. The third kappa shape index (κ3) is 6.70. The van der Waals surface area contributed by atoms with Crippen LogP contribution in [0.2, 0.25) is 15.1 Å². The van der Waals surface area contributed by atoms with Gasteiger partial charge >= 0.3 is 5.97 Å². The van der Waals surface area contributed by atoms with Gasteiger partial charge in [0.2, 0.25) is 10.0 Å². The molecule has 0 unspecified atom stereocenters. The molecule has 0 aliphatic carbocycles. The molecule has 0 saturated heterocycles. The van der Waals surface area contributed by atoms with E-state index in [9.17, 15) is 32.7 Å². The van der Waals surface area contributed by atoms with Crippen molar-refractivity contribution < 1.29 is 32.7 Å². The van der Waals surface area contributed by atoms with E-state index in [1.54, 1.807) is 54.3 Å². The molecule has 4 aromatic rings. The van der Waals surface area contributed by atoms with Gasteiger partial charge in [-0.3, -0.25) is 14.4 Å². The number of hydrogen-bond acceptors (Lipinski definition) is 6. The lowest BCUT2D eigenvalue weighted by Gasteiger charge is -2.30. The molecule has 0 fully saturated rings. The Balaban J connectivity index is 1.31. The van der Waals surface area contributed by atoms with Crippen LogP contribution < -0.4 is 10.6 Å². The highest BCUT2D eigenvalue weighted by atomic mass is 35.5. The number of fused-ring (bicyclic) bond motifs is 2. The van der Waals surface area contributed by atoms with Crippen molar-refractivity contribution in [3.8, 4) is 0 Å². The van der Waals surface area contributed by atoms with Gasteiger partial charge in [-0.05, 0) is 66.4 Å². The summed E-state index contributed by atoms with van der Waals surface area (Å²) in [6, 6.07) is 11.4. The third-order valence-corrected chi connectivity index (χ3v) is 9.59. The van der Waals surface area contributed by atoms with Gasteiger partial charge in [0.05, 0.1) is 32.9 Å². The average Bonchev–Trinajstić information content (AvgIpc) is 3.38. The fourth-order valence-electron chi connectivity index (χ4n) is 5.29. The summed E-state index contributed by atoms with van der Waals surface area (Å²) in [5, 5.41) is 15.5. The second kappa shape index (κ2) is 13.0. The first-order valence-corrected chi connectivity index (χ1v) is 16.8. The van der Waals surface area contributed by atoms with Crippen molar-refractivity contribution in [2.45, 2.75) is 25.9 Å². The maximum absolute atomic E-state index is 13.3. The Morgan fingerprint density at radius 2 is 1.70 bits per heavy atom. The Morgan fingerprint density at radius 1 is 1.00 bits per heavy atom. The van der Waals surface area contributed by atoms with Crippen molar-refractivity contribution in [2.75, 3.05) is 19.3 Å². The van der Waals surface area contributed by atoms with Crippen LogP contribution in [0.4, 0.5) is 0 Å². The standard InChI is InChI=1S/C31H27Cl3N4O7S/c1-16-3-8-21-22(15-38(25(21)11-16)46(2,44)45)28(39)35-13-24(31(42)43)36-29(40)26-23(33)12-18-14-37(10-9-20(18)27(26)34)30(41)17-4-6-19(32)7-5-17/h3-8,11-12,15,24H,9-10,13-14H2,1-2H3,(H,35,39)(H,36,40)(H,42,43)/t24-/m0/s1. The van der Waals surface area contributed by atoms with Crippen LogP contribution in [-0.4, -0.2) is 71.5 Å². The largest absolute Gasteiger partial charge is 0.480 e. The summed E-state index contributed by atoms with van der Waals surface area (Å²) in [5.41, 5.74) is 2.66. The van der Waals surface area contributed by atoms with E-state index in [1.165, 1.54) is 12.3 Å². The van der Waals surface area contributed by atoms with E-state index in [4.69, 9.17) is 34.8 Å². The summed E-state index contributed by atoms with van der Waals surface area (Å²) < 4.78 is 25.6. The van der Waals surface area contributed by atoms with Gasteiger partial charge in [0.1, 0.15) is 6.04 Å². The summed E-state index contributed by atoms with van der Waals surface area (Å²) >= 11 is 19.0. The van der Waals surface area contributed by atoms with Crippen LogP contribution >= 0.6 is 34.8 Å². The molecule has 0 saturated carbocycles. The number of nitrogens with zero attached hydrogens (tertiary/aromatic N) is 2. The second-order valence-electron chi connectivity index (χ2n) is 10.9. The number of hydrogen-bond donors (Lipinski definition) is 3. The molecule has 0 radical (unpaired) electrons. The van der Waals surface area contributed by atoms with Crippen molar-refractivity contribution in [2.24, 2.45) is 0 Å². The topological polar surface area (TPSA) is 155 Å². The second-order valence-corrected chi connectivity index (χ2v) is 13.9. The zero-order valence-electron chi connectivity index (χ0n) is 24.4. The molecule has 1 aliphatic heterocycles. The number of amides is 3. The third-order valence-electron chi connectivity index (χ3n) is 7.61. The number of carbonyl (C=O) groups is 4. The Hall–Kier alpha value is -4.10. The predicted octanol–water partition coefficient (Wildman–Crippen LogP) is 4.53. The number of aliphatic carboxylic acids is 1. The molecule has 1 atom stereocenters. The molecule has 11 nitrogen and oxygen atoms in total. The molecule has 0 spiro atoms. The number of carbonyl (C=O) groups excluding carboxylic acids is 3. The van der Waals surface area contributed by atoms with Gasteiger partial charge in [0.15, 0.2) is 0 Å². The monoisotopic (exact) mass is 704 g/mol. The lowest BCUT2D eigenvalue weighted by molar-refractivity contribution is -0.139. The SMILES string of the molecule is Cc1ccc2c(C(=O)NC[C@H](NC(=O)c3c(Cl)cc4c(c3Cl)CCN(C(=O)c3ccc(Cl)cc3)C4)C(=O)O)cn(S(C)(=O)=O)c2c1. The molecule has 1 aliphatic rings. The smallest absolute Gasteiger partial charge is 0.328 e. The molecular weight excluding hydrogens is 679 g/mol. The maximum Gasteiger partial charge on any atom is 0.328 e. The number of benzene rings is 3. The Morgan fingerprint density at radius 3 is 2.35 bits per heavy atom. The minimum Gasteiger partial charge on any atom is -0.480 e. The van der Waals surface area contributed by atoms with Crippen LogP contribution in [0.15, 0.2) is 54.7 Å². The van der Waals surface area contributed by atoms with Gasteiger partial charge in [0.25, 0.3) is 17.7 Å². The number of carboxylic acids is 1. The zero-order chi connectivity index (χ0) is 33.5. The highest BCUT2D eigenvalue weighted by Gasteiger charge is 2.30. The van der Waals surface area contributed by atoms with Crippen LogP contribution in [0.1, 0.15) is 47.8 Å². The number of aromatic nitrogens is 1. The zero-order valence-corrected chi connectivity index (χ0v) is 27.5. The maximum atomic E-state index is 13.3. The first-order valence-electron chi connectivity index (χ1n) is 13.8. The van der Waals surface area contributed by atoms with Crippen LogP contribution in [0, 0.1) is 6.92 Å². The Bertz CT molecular complexity index is 2030. The normalized spacial score (nSPS) is 13.6. The number of halogens is 3. The number of aryl methyl sites for hydroxylation is 1. The van der Waals surface area contributed by atoms with E-state index < -0.39 is 40.4 Å². The predicted molar refractivity (Wildman–Crippen MR) is 174 cm³/mol. The molecule has 0 bridgehead atoms. The number of rotatable bonds is 8. The van der Waals surface area contributed by atoms with Crippen molar-refractivity contribution in [3.05, 3.63) is 103 Å². The molecule has 2 heterocycles. The van der Waals surface area contributed by atoms with Gasteiger partial charge in [-0.25, -0.2) is 17.2 Å². The molecule has 15 heteroatoms. The number of carboxylic acid groups (broad SMARTS) is 1. The minimum atomic E-state index is -3.75. The van der Waals surface area contributed by atoms with E-state index in [0.29, 0.717) is 45.6 Å². The molecule has 46 heavy (non-hydrogen) atoms. The molecule has 1 aromatic heterocycles. The molecule has 3 aromatic carbocycles. The first kappa shape index (κ1) is 33.3. The molecule has 5 rings (SSSR count). The van der Waals surface area contributed by atoms with Gasteiger partial charge < -0.3 is 20.6 Å². The summed E-state index contributed by atoms with van der Waals surface area (Å²) in [6.07, 6.45) is 2.49. The van der Waals surface area contributed by atoms with Crippen molar-refractivity contribution in [1.29, 1.82) is 0 Å². The van der Waals surface area contributed by atoms with Crippen molar-refractivity contribution >= 4 is 79.4 Å². The first-order chi connectivity index (χ1) is 21.6. The van der Waals surface area contributed by atoms with E-state index >= 15 is 0 Å². The fourth-order valence-corrected chi connectivity index (χ4v) is 6.99. The molecule has 240 valence electrons. The highest BCUT2D eigenvalue weighted by Crippen LogP contribution is 2.35. The highest BCUT2D eigenvalue weighted by molar-refractivity contribution is 7.89. The lowest BCUT2D eigenvalue weighted by atomic mass is 9.96. The van der Waals surface area contributed by atoms with E-state index in [1.807, 2.05) is 0 Å². The van der Waals surface area contributed by atoms with Gasteiger partial charge in [-0.1, -0.05) is 46.9 Å². The van der Waals surface area contributed by atoms with E-state index in [2.05, 4.69) is 10.6 Å².